The summed E-state index contributed by atoms with van der Waals surface area (Å²) in [7, 11) is 0. The highest BCUT2D eigenvalue weighted by molar-refractivity contribution is 7.09. The molecular formula is C21H25N3O2S. The Balaban J connectivity index is 1.71. The normalized spacial score (nSPS) is 12.3. The Morgan fingerprint density at radius 2 is 1.96 bits per heavy atom. The van der Waals surface area contributed by atoms with Crippen LogP contribution in [0.4, 0.5) is 0 Å². The van der Waals surface area contributed by atoms with Crippen LogP contribution in [-0.4, -0.2) is 15.9 Å². The smallest absolute Gasteiger partial charge is 0.226 e. The SMILES string of the molecule is Cc1ccc(-c2nc(CC(=O)NC(CC(C)C)c3nccs3)c(C)o2)cc1. The molecule has 0 bridgehead atoms. The van der Waals surface area contributed by atoms with Crippen molar-refractivity contribution in [1.82, 2.24) is 15.3 Å². The number of aromatic nitrogens is 2. The van der Waals surface area contributed by atoms with Gasteiger partial charge >= 0.3 is 0 Å². The van der Waals surface area contributed by atoms with Crippen molar-refractivity contribution in [2.45, 2.75) is 46.6 Å². The number of rotatable bonds is 7. The number of benzene rings is 1. The second kappa shape index (κ2) is 8.48. The van der Waals surface area contributed by atoms with Gasteiger partial charge < -0.3 is 9.73 Å². The molecule has 0 aliphatic rings. The minimum absolute atomic E-state index is 0.0669. The van der Waals surface area contributed by atoms with E-state index in [-0.39, 0.29) is 18.4 Å². The van der Waals surface area contributed by atoms with Gasteiger partial charge in [-0.3, -0.25) is 4.79 Å². The van der Waals surface area contributed by atoms with Gasteiger partial charge in [0, 0.05) is 17.1 Å². The van der Waals surface area contributed by atoms with E-state index in [4.69, 9.17) is 4.42 Å². The molecule has 1 amide bonds. The summed E-state index contributed by atoms with van der Waals surface area (Å²) >= 11 is 1.57. The molecule has 1 N–H and O–H groups in total. The lowest BCUT2D eigenvalue weighted by Gasteiger charge is -2.18. The number of aryl methyl sites for hydroxylation is 2. The van der Waals surface area contributed by atoms with Crippen molar-refractivity contribution in [2.24, 2.45) is 5.92 Å². The summed E-state index contributed by atoms with van der Waals surface area (Å²) in [6, 6.07) is 7.93. The van der Waals surface area contributed by atoms with Gasteiger partial charge in [0.2, 0.25) is 11.8 Å². The molecule has 6 heteroatoms. The van der Waals surface area contributed by atoms with E-state index in [9.17, 15) is 4.79 Å². The molecule has 0 saturated carbocycles. The molecule has 5 nitrogen and oxygen atoms in total. The van der Waals surface area contributed by atoms with Crippen LogP contribution in [0.25, 0.3) is 11.5 Å². The van der Waals surface area contributed by atoms with E-state index < -0.39 is 0 Å². The molecule has 0 aliphatic heterocycles. The van der Waals surface area contributed by atoms with Crippen LogP contribution in [-0.2, 0) is 11.2 Å². The van der Waals surface area contributed by atoms with Crippen molar-refractivity contribution in [1.29, 1.82) is 0 Å². The van der Waals surface area contributed by atoms with Gasteiger partial charge in [0.1, 0.15) is 10.8 Å². The number of nitrogens with zero attached hydrogens (tertiary/aromatic N) is 2. The molecule has 1 unspecified atom stereocenters. The molecule has 1 aromatic carbocycles. The average molecular weight is 384 g/mol. The van der Waals surface area contributed by atoms with Crippen molar-refractivity contribution in [2.75, 3.05) is 0 Å². The fourth-order valence-corrected chi connectivity index (χ4v) is 3.61. The van der Waals surface area contributed by atoms with Crippen LogP contribution in [0, 0.1) is 19.8 Å². The van der Waals surface area contributed by atoms with E-state index in [0.717, 1.165) is 17.0 Å². The Kier molecular flexibility index (Phi) is 6.06. The zero-order valence-electron chi connectivity index (χ0n) is 16.2. The molecule has 0 radical (unpaired) electrons. The molecule has 2 heterocycles. The van der Waals surface area contributed by atoms with Gasteiger partial charge in [0.05, 0.1) is 18.2 Å². The fourth-order valence-electron chi connectivity index (χ4n) is 2.91. The van der Waals surface area contributed by atoms with E-state index in [0.29, 0.717) is 23.3 Å². The van der Waals surface area contributed by atoms with Crippen LogP contribution in [0.2, 0.25) is 0 Å². The predicted molar refractivity (Wildman–Crippen MR) is 108 cm³/mol. The first-order valence-electron chi connectivity index (χ1n) is 9.14. The van der Waals surface area contributed by atoms with Crippen LogP contribution < -0.4 is 5.32 Å². The average Bonchev–Trinajstić information content (AvgIpc) is 3.25. The molecule has 0 saturated heterocycles. The first-order valence-corrected chi connectivity index (χ1v) is 10.0. The predicted octanol–water partition coefficient (Wildman–Crippen LogP) is 4.86. The second-order valence-electron chi connectivity index (χ2n) is 7.18. The van der Waals surface area contributed by atoms with Gasteiger partial charge in [-0.25, -0.2) is 9.97 Å². The van der Waals surface area contributed by atoms with E-state index >= 15 is 0 Å². The van der Waals surface area contributed by atoms with Gasteiger partial charge in [-0.1, -0.05) is 31.5 Å². The van der Waals surface area contributed by atoms with E-state index in [2.05, 4.69) is 29.1 Å². The Bertz CT molecular complexity index is 883. The van der Waals surface area contributed by atoms with E-state index in [1.807, 2.05) is 43.5 Å². The lowest BCUT2D eigenvalue weighted by molar-refractivity contribution is -0.121. The minimum Gasteiger partial charge on any atom is -0.441 e. The van der Waals surface area contributed by atoms with Gasteiger partial charge in [0.15, 0.2) is 0 Å². The molecule has 1 atom stereocenters. The summed E-state index contributed by atoms with van der Waals surface area (Å²) in [5, 5.41) is 5.98. The van der Waals surface area contributed by atoms with Crippen molar-refractivity contribution in [3.05, 3.63) is 57.9 Å². The zero-order valence-corrected chi connectivity index (χ0v) is 17.0. The van der Waals surface area contributed by atoms with Crippen molar-refractivity contribution < 1.29 is 9.21 Å². The van der Waals surface area contributed by atoms with Crippen LogP contribution >= 0.6 is 11.3 Å². The number of thiazole rings is 1. The monoisotopic (exact) mass is 383 g/mol. The van der Waals surface area contributed by atoms with E-state index in [1.54, 1.807) is 17.5 Å². The lowest BCUT2D eigenvalue weighted by atomic mass is 10.0. The molecule has 3 aromatic rings. The maximum Gasteiger partial charge on any atom is 0.226 e. The number of carbonyl (C=O) groups excluding carboxylic acids is 1. The molecule has 2 aromatic heterocycles. The van der Waals surface area contributed by atoms with Crippen LogP contribution in [0.1, 0.15) is 48.3 Å². The van der Waals surface area contributed by atoms with Crippen LogP contribution in [0.15, 0.2) is 40.3 Å². The second-order valence-corrected chi connectivity index (χ2v) is 8.11. The summed E-state index contributed by atoms with van der Waals surface area (Å²) in [4.78, 5) is 21.5. The van der Waals surface area contributed by atoms with Crippen LogP contribution in [0.5, 0.6) is 0 Å². The Labute approximate surface area is 163 Å². The summed E-state index contributed by atoms with van der Waals surface area (Å²) in [6.45, 7) is 8.17. The zero-order chi connectivity index (χ0) is 19.4. The maximum atomic E-state index is 12.6. The van der Waals surface area contributed by atoms with Gasteiger partial charge in [-0.05, 0) is 38.3 Å². The standard InChI is InChI=1S/C21H25N3O2S/c1-13(2)11-18(21-22-9-10-27-21)23-19(25)12-17-15(4)26-20(24-17)16-7-5-14(3)6-8-16/h5-10,13,18H,11-12H2,1-4H3,(H,23,25). The molecule has 0 spiro atoms. The van der Waals surface area contributed by atoms with Crippen LogP contribution in [0.3, 0.4) is 0 Å². The largest absolute Gasteiger partial charge is 0.441 e. The Hall–Kier alpha value is -2.47. The third kappa shape index (κ3) is 5.04. The number of carbonyl (C=O) groups is 1. The first-order chi connectivity index (χ1) is 12.9. The maximum absolute atomic E-state index is 12.6. The van der Waals surface area contributed by atoms with Crippen molar-refractivity contribution >= 4 is 17.2 Å². The number of hydrogen-bond acceptors (Lipinski definition) is 5. The van der Waals surface area contributed by atoms with Crippen molar-refractivity contribution in [3.8, 4) is 11.5 Å². The van der Waals surface area contributed by atoms with Gasteiger partial charge in [-0.2, -0.15) is 0 Å². The Morgan fingerprint density at radius 3 is 2.59 bits per heavy atom. The summed E-state index contributed by atoms with van der Waals surface area (Å²) in [5.74, 6) is 1.62. The molecule has 27 heavy (non-hydrogen) atoms. The lowest BCUT2D eigenvalue weighted by Crippen LogP contribution is -2.31. The summed E-state index contributed by atoms with van der Waals surface area (Å²) in [6.07, 6.45) is 2.82. The molecular weight excluding hydrogens is 358 g/mol. The van der Waals surface area contributed by atoms with Crippen molar-refractivity contribution in [3.63, 3.8) is 0 Å². The first kappa shape index (κ1) is 19.3. The van der Waals surface area contributed by atoms with Gasteiger partial charge in [-0.15, -0.1) is 11.3 Å². The highest BCUT2D eigenvalue weighted by atomic mass is 32.1. The topological polar surface area (TPSA) is 68.0 Å². The van der Waals surface area contributed by atoms with Gasteiger partial charge in [0.25, 0.3) is 0 Å². The third-order valence-electron chi connectivity index (χ3n) is 4.31. The number of nitrogens with one attached hydrogen (secondary N) is 1. The Morgan fingerprint density at radius 1 is 1.22 bits per heavy atom. The summed E-state index contributed by atoms with van der Waals surface area (Å²) < 4.78 is 5.78. The summed E-state index contributed by atoms with van der Waals surface area (Å²) in [5.41, 5.74) is 2.77. The minimum atomic E-state index is -0.0683. The quantitative estimate of drug-likeness (QED) is 0.632. The fraction of sp³-hybridized carbons (Fsp3) is 0.381. The number of amides is 1. The number of hydrogen-bond donors (Lipinski definition) is 1. The van der Waals surface area contributed by atoms with E-state index in [1.165, 1.54) is 5.56 Å². The number of oxazole rings is 1. The highest BCUT2D eigenvalue weighted by Gasteiger charge is 2.21. The third-order valence-corrected chi connectivity index (χ3v) is 5.20. The highest BCUT2D eigenvalue weighted by Crippen LogP contribution is 2.25. The molecule has 142 valence electrons. The molecule has 0 aliphatic carbocycles. The molecule has 0 fully saturated rings. The molecule has 3 rings (SSSR count).